The Hall–Kier alpha value is -2.63. The second-order valence-corrected chi connectivity index (χ2v) is 9.08. The van der Waals surface area contributed by atoms with Gasteiger partial charge in [-0.25, -0.2) is 0 Å². The minimum Gasteiger partial charge on any atom is -0.492 e. The summed E-state index contributed by atoms with van der Waals surface area (Å²) in [5, 5.41) is 10.9. The summed E-state index contributed by atoms with van der Waals surface area (Å²) >= 11 is 1.77. The van der Waals surface area contributed by atoms with E-state index in [1.807, 2.05) is 0 Å². The summed E-state index contributed by atoms with van der Waals surface area (Å²) < 4.78 is 6.05. The molecule has 1 atom stereocenters. The SMILES string of the molecule is O=C(O)CCCN1CCC[C@H]1COc1ccc(Cc2ccc(-c3cccs3)cc2)cc1. The quantitative estimate of drug-likeness (QED) is 0.443. The van der Waals surface area contributed by atoms with Crippen molar-refractivity contribution in [2.24, 2.45) is 0 Å². The summed E-state index contributed by atoms with van der Waals surface area (Å²) in [5.41, 5.74) is 3.84. The number of carboxylic acids is 1. The number of thiophene rings is 1. The standard InChI is InChI=1S/C26H29NO3S/c28-26(29)6-2-16-27-15-1-4-23(27)19-30-24-13-9-21(10-14-24)18-20-7-11-22(12-8-20)25-5-3-17-31-25/h3,5,7-14,17,23H,1-2,4,6,15-16,18-19H2,(H,28,29)/t23-/m0/s1. The lowest BCUT2D eigenvalue weighted by atomic mass is 10.0. The van der Waals surface area contributed by atoms with E-state index < -0.39 is 5.97 Å². The Kier molecular flexibility index (Phi) is 7.39. The van der Waals surface area contributed by atoms with Crippen molar-refractivity contribution in [2.45, 2.75) is 38.1 Å². The summed E-state index contributed by atoms with van der Waals surface area (Å²) in [6.45, 7) is 2.54. The van der Waals surface area contributed by atoms with Gasteiger partial charge in [0.2, 0.25) is 0 Å². The first-order chi connectivity index (χ1) is 15.2. The molecule has 0 saturated carbocycles. The van der Waals surface area contributed by atoms with Crippen LogP contribution in [0.25, 0.3) is 10.4 Å². The number of benzene rings is 2. The highest BCUT2D eigenvalue weighted by Gasteiger charge is 2.24. The molecule has 1 fully saturated rings. The Balaban J connectivity index is 1.26. The van der Waals surface area contributed by atoms with Gasteiger partial charge in [0.05, 0.1) is 0 Å². The van der Waals surface area contributed by atoms with Gasteiger partial charge in [0.25, 0.3) is 0 Å². The average molecular weight is 436 g/mol. The first-order valence-corrected chi connectivity index (χ1v) is 11.9. The number of rotatable bonds is 10. The average Bonchev–Trinajstić information content (AvgIpc) is 3.46. The molecule has 0 aliphatic carbocycles. The van der Waals surface area contributed by atoms with Crippen LogP contribution < -0.4 is 4.74 Å². The predicted octanol–water partition coefficient (Wildman–Crippen LogP) is 5.71. The molecule has 0 spiro atoms. The van der Waals surface area contributed by atoms with Crippen molar-refractivity contribution in [3.05, 3.63) is 77.2 Å². The number of hydrogen-bond donors (Lipinski definition) is 1. The zero-order valence-corrected chi connectivity index (χ0v) is 18.5. The number of hydrogen-bond acceptors (Lipinski definition) is 4. The predicted molar refractivity (Wildman–Crippen MR) is 126 cm³/mol. The van der Waals surface area contributed by atoms with Crippen molar-refractivity contribution in [3.8, 4) is 16.2 Å². The van der Waals surface area contributed by atoms with Crippen LogP contribution in [0.1, 0.15) is 36.8 Å². The van der Waals surface area contributed by atoms with E-state index in [1.165, 1.54) is 21.6 Å². The summed E-state index contributed by atoms with van der Waals surface area (Å²) in [6, 6.07) is 21.8. The Morgan fingerprint density at radius 2 is 1.81 bits per heavy atom. The van der Waals surface area contributed by atoms with E-state index in [2.05, 4.69) is 70.9 Å². The molecule has 1 aliphatic rings. The van der Waals surface area contributed by atoms with Crippen LogP contribution in [0.15, 0.2) is 66.0 Å². The highest BCUT2D eigenvalue weighted by molar-refractivity contribution is 7.13. The van der Waals surface area contributed by atoms with Crippen LogP contribution in [-0.4, -0.2) is 41.7 Å². The molecule has 0 radical (unpaired) electrons. The second kappa shape index (κ2) is 10.6. The maximum Gasteiger partial charge on any atom is 0.303 e. The summed E-state index contributed by atoms with van der Waals surface area (Å²) in [7, 11) is 0. The monoisotopic (exact) mass is 435 g/mol. The van der Waals surface area contributed by atoms with Gasteiger partial charge < -0.3 is 9.84 Å². The first-order valence-electron chi connectivity index (χ1n) is 11.0. The van der Waals surface area contributed by atoms with E-state index in [1.54, 1.807) is 11.3 Å². The minimum absolute atomic E-state index is 0.238. The van der Waals surface area contributed by atoms with Gasteiger partial charge in [-0.2, -0.15) is 0 Å². The molecule has 5 heteroatoms. The maximum atomic E-state index is 10.7. The van der Waals surface area contributed by atoms with Crippen LogP contribution in [0.2, 0.25) is 0 Å². The van der Waals surface area contributed by atoms with E-state index >= 15 is 0 Å². The molecule has 4 nitrogen and oxygen atoms in total. The van der Waals surface area contributed by atoms with Gasteiger partial charge in [0.1, 0.15) is 12.4 Å². The lowest BCUT2D eigenvalue weighted by molar-refractivity contribution is -0.137. The van der Waals surface area contributed by atoms with Crippen LogP contribution in [0.4, 0.5) is 0 Å². The highest BCUT2D eigenvalue weighted by atomic mass is 32.1. The van der Waals surface area contributed by atoms with Crippen molar-refractivity contribution in [3.63, 3.8) is 0 Å². The molecule has 2 aromatic carbocycles. The largest absolute Gasteiger partial charge is 0.492 e. The zero-order valence-electron chi connectivity index (χ0n) is 17.7. The van der Waals surface area contributed by atoms with Crippen LogP contribution in [-0.2, 0) is 11.2 Å². The van der Waals surface area contributed by atoms with Crippen LogP contribution in [0, 0.1) is 0 Å². The molecule has 0 amide bonds. The number of aliphatic carboxylic acids is 1. The number of carboxylic acid groups (broad SMARTS) is 1. The Bertz CT molecular complexity index is 951. The fourth-order valence-electron chi connectivity index (χ4n) is 4.17. The fraction of sp³-hybridized carbons (Fsp3) is 0.346. The molecular formula is C26H29NO3S. The van der Waals surface area contributed by atoms with E-state index in [9.17, 15) is 4.79 Å². The lowest BCUT2D eigenvalue weighted by Crippen LogP contribution is -2.35. The molecule has 1 aromatic heterocycles. The molecular weight excluding hydrogens is 406 g/mol. The van der Waals surface area contributed by atoms with E-state index in [0.29, 0.717) is 19.1 Å². The van der Waals surface area contributed by atoms with Crippen molar-refractivity contribution < 1.29 is 14.6 Å². The molecule has 31 heavy (non-hydrogen) atoms. The highest BCUT2D eigenvalue weighted by Crippen LogP contribution is 2.25. The van der Waals surface area contributed by atoms with Crippen molar-refractivity contribution >= 4 is 17.3 Å². The van der Waals surface area contributed by atoms with Gasteiger partial charge in [0, 0.05) is 17.3 Å². The first kappa shape index (κ1) is 21.6. The van der Waals surface area contributed by atoms with Crippen molar-refractivity contribution in [1.82, 2.24) is 4.90 Å². The van der Waals surface area contributed by atoms with E-state index in [0.717, 1.165) is 38.1 Å². The molecule has 2 heterocycles. The summed E-state index contributed by atoms with van der Waals surface area (Å²) in [5.74, 6) is 0.180. The summed E-state index contributed by atoms with van der Waals surface area (Å²) in [6.07, 6.45) is 4.13. The third-order valence-corrected chi connectivity index (χ3v) is 6.79. The van der Waals surface area contributed by atoms with Crippen LogP contribution >= 0.6 is 11.3 Å². The number of ether oxygens (including phenoxy) is 1. The van der Waals surface area contributed by atoms with Crippen LogP contribution in [0.3, 0.4) is 0 Å². The van der Waals surface area contributed by atoms with Crippen molar-refractivity contribution in [2.75, 3.05) is 19.7 Å². The van der Waals surface area contributed by atoms with Crippen molar-refractivity contribution in [1.29, 1.82) is 0 Å². The number of nitrogens with zero attached hydrogens (tertiary/aromatic N) is 1. The normalized spacial score (nSPS) is 16.5. The Morgan fingerprint density at radius 1 is 1.06 bits per heavy atom. The Morgan fingerprint density at radius 3 is 2.48 bits per heavy atom. The van der Waals surface area contributed by atoms with Gasteiger partial charge in [-0.15, -0.1) is 11.3 Å². The fourth-order valence-corrected chi connectivity index (χ4v) is 4.91. The van der Waals surface area contributed by atoms with E-state index in [-0.39, 0.29) is 6.42 Å². The molecule has 162 valence electrons. The minimum atomic E-state index is -0.717. The molecule has 3 aromatic rings. The molecule has 1 saturated heterocycles. The zero-order chi connectivity index (χ0) is 21.5. The number of likely N-dealkylation sites (tertiary alicyclic amines) is 1. The van der Waals surface area contributed by atoms with Crippen LogP contribution in [0.5, 0.6) is 5.75 Å². The summed E-state index contributed by atoms with van der Waals surface area (Å²) in [4.78, 5) is 14.4. The topological polar surface area (TPSA) is 49.8 Å². The molecule has 1 aliphatic heterocycles. The van der Waals surface area contributed by atoms with Gasteiger partial charge >= 0.3 is 5.97 Å². The smallest absolute Gasteiger partial charge is 0.303 e. The molecule has 0 unspecified atom stereocenters. The third-order valence-electron chi connectivity index (χ3n) is 5.87. The molecule has 4 rings (SSSR count). The maximum absolute atomic E-state index is 10.7. The molecule has 1 N–H and O–H groups in total. The van der Waals surface area contributed by atoms with Gasteiger partial charge in [-0.3, -0.25) is 9.69 Å². The lowest BCUT2D eigenvalue weighted by Gasteiger charge is -2.24. The second-order valence-electron chi connectivity index (χ2n) is 8.14. The number of carbonyl (C=O) groups is 1. The Labute approximate surface area is 188 Å². The molecule has 0 bridgehead atoms. The van der Waals surface area contributed by atoms with Gasteiger partial charge in [-0.1, -0.05) is 42.5 Å². The van der Waals surface area contributed by atoms with Gasteiger partial charge in [0.15, 0.2) is 0 Å². The van der Waals surface area contributed by atoms with E-state index in [4.69, 9.17) is 9.84 Å². The third kappa shape index (κ3) is 6.18. The van der Waals surface area contributed by atoms with Gasteiger partial charge in [-0.05, 0) is 79.0 Å².